The van der Waals surface area contributed by atoms with Gasteiger partial charge in [0.05, 0.1) is 5.56 Å². The van der Waals surface area contributed by atoms with E-state index in [1.165, 1.54) is 81.8 Å². The van der Waals surface area contributed by atoms with Crippen LogP contribution in [0, 0.1) is 29.5 Å². The first-order chi connectivity index (χ1) is 18.7. The fourth-order valence-corrected chi connectivity index (χ4v) is 5.95. The molecule has 1 fully saturated rings. The molecule has 1 aliphatic rings. The number of allylic oxidation sites excluding steroid dienone is 1. The fraction of sp³-hybridized carbons (Fsp3) is 0.459. The molecule has 0 aliphatic heterocycles. The molecule has 0 aromatic heterocycles. The molecule has 1 heteroatoms. The van der Waals surface area contributed by atoms with Crippen LogP contribution in [0.25, 0.3) is 10.8 Å². The van der Waals surface area contributed by atoms with E-state index in [2.05, 4.69) is 67.8 Å². The SMILES string of the molecule is C=CCCC1CCC(CCc2ccc3c(F)c(C#Cc4ccc(CCCCCCC)cc4)ccc3c2)CC1. The second-order valence-electron chi connectivity index (χ2n) is 11.4. The highest BCUT2D eigenvalue weighted by Gasteiger charge is 2.20. The summed E-state index contributed by atoms with van der Waals surface area (Å²) >= 11 is 0. The van der Waals surface area contributed by atoms with E-state index in [9.17, 15) is 0 Å². The number of hydrogen-bond donors (Lipinski definition) is 0. The summed E-state index contributed by atoms with van der Waals surface area (Å²) in [5, 5.41) is 1.64. The van der Waals surface area contributed by atoms with Gasteiger partial charge in [0.2, 0.25) is 0 Å². The van der Waals surface area contributed by atoms with Crippen molar-refractivity contribution in [2.75, 3.05) is 0 Å². The quantitative estimate of drug-likeness (QED) is 0.130. The summed E-state index contributed by atoms with van der Waals surface area (Å²) in [6.45, 7) is 6.11. The standard InChI is InChI=1S/C37H45F/c1-3-5-7-8-9-11-30-14-18-32(19-15-30)22-24-34-25-26-35-28-33(23-27-36(35)37(34)38)21-20-31-16-12-29(13-17-31)10-6-4-2/h4,14-15,18-19,23,25-29,31H,2-3,5-13,16-17,20-21H2,1H3. The number of benzene rings is 3. The van der Waals surface area contributed by atoms with Gasteiger partial charge in [0.1, 0.15) is 5.82 Å². The second kappa shape index (κ2) is 14.9. The Morgan fingerprint density at radius 1 is 0.789 bits per heavy atom. The summed E-state index contributed by atoms with van der Waals surface area (Å²) in [5.74, 6) is 7.77. The minimum atomic E-state index is -0.205. The lowest BCUT2D eigenvalue weighted by Crippen LogP contribution is -2.15. The van der Waals surface area contributed by atoms with Gasteiger partial charge in [-0.3, -0.25) is 0 Å². The lowest BCUT2D eigenvalue weighted by molar-refractivity contribution is 0.254. The van der Waals surface area contributed by atoms with Gasteiger partial charge >= 0.3 is 0 Å². The van der Waals surface area contributed by atoms with Gasteiger partial charge in [0.15, 0.2) is 0 Å². The predicted octanol–water partition coefficient (Wildman–Crippen LogP) is 10.6. The molecule has 200 valence electrons. The molecule has 0 spiro atoms. The monoisotopic (exact) mass is 508 g/mol. The molecule has 3 aromatic rings. The molecule has 0 atom stereocenters. The van der Waals surface area contributed by atoms with Crippen molar-refractivity contribution in [2.24, 2.45) is 11.8 Å². The Labute approximate surface area is 230 Å². The first-order valence-electron chi connectivity index (χ1n) is 15.1. The Kier molecular flexibility index (Phi) is 11.1. The van der Waals surface area contributed by atoms with Crippen LogP contribution >= 0.6 is 0 Å². The lowest BCUT2D eigenvalue weighted by Gasteiger charge is -2.28. The third-order valence-corrected chi connectivity index (χ3v) is 8.47. The molecule has 1 saturated carbocycles. The average molecular weight is 509 g/mol. The van der Waals surface area contributed by atoms with Crippen LogP contribution in [0.3, 0.4) is 0 Å². The molecule has 0 saturated heterocycles. The van der Waals surface area contributed by atoms with Gasteiger partial charge in [-0.1, -0.05) is 113 Å². The van der Waals surface area contributed by atoms with E-state index in [1.54, 1.807) is 0 Å². The molecule has 0 bridgehead atoms. The minimum absolute atomic E-state index is 0.205. The van der Waals surface area contributed by atoms with Crippen molar-refractivity contribution in [1.29, 1.82) is 0 Å². The Morgan fingerprint density at radius 3 is 2.24 bits per heavy atom. The highest BCUT2D eigenvalue weighted by atomic mass is 19.1. The zero-order valence-corrected chi connectivity index (χ0v) is 23.4. The van der Waals surface area contributed by atoms with Crippen LogP contribution in [0.2, 0.25) is 0 Å². The molecule has 0 N–H and O–H groups in total. The summed E-state index contributed by atoms with van der Waals surface area (Å²) in [7, 11) is 0. The van der Waals surface area contributed by atoms with E-state index in [0.29, 0.717) is 10.9 Å². The molecular weight excluding hydrogens is 463 g/mol. The molecule has 3 aromatic carbocycles. The maximum Gasteiger partial charge on any atom is 0.146 e. The Balaban J connectivity index is 1.31. The van der Waals surface area contributed by atoms with Crippen molar-refractivity contribution >= 4 is 10.8 Å². The Bertz CT molecular complexity index is 1220. The maximum atomic E-state index is 15.3. The first-order valence-corrected chi connectivity index (χ1v) is 15.1. The van der Waals surface area contributed by atoms with E-state index < -0.39 is 0 Å². The van der Waals surface area contributed by atoms with Crippen LogP contribution in [0.1, 0.15) is 106 Å². The summed E-state index contributed by atoms with van der Waals surface area (Å²) in [5.41, 5.74) is 4.08. The van der Waals surface area contributed by atoms with Gasteiger partial charge in [-0.25, -0.2) is 4.39 Å². The van der Waals surface area contributed by atoms with Crippen LogP contribution in [-0.4, -0.2) is 0 Å². The third-order valence-electron chi connectivity index (χ3n) is 8.47. The van der Waals surface area contributed by atoms with Crippen LogP contribution < -0.4 is 0 Å². The van der Waals surface area contributed by atoms with Gasteiger partial charge < -0.3 is 0 Å². The van der Waals surface area contributed by atoms with Gasteiger partial charge in [0, 0.05) is 10.9 Å². The molecule has 0 radical (unpaired) electrons. The Morgan fingerprint density at radius 2 is 1.50 bits per heavy atom. The van der Waals surface area contributed by atoms with Gasteiger partial charge in [-0.15, -0.1) is 6.58 Å². The topological polar surface area (TPSA) is 0 Å². The zero-order chi connectivity index (χ0) is 26.6. The fourth-order valence-electron chi connectivity index (χ4n) is 5.95. The predicted molar refractivity (Wildman–Crippen MR) is 162 cm³/mol. The maximum absolute atomic E-state index is 15.3. The third kappa shape index (κ3) is 8.33. The van der Waals surface area contributed by atoms with E-state index in [-0.39, 0.29) is 5.82 Å². The number of hydrogen-bond acceptors (Lipinski definition) is 0. The second-order valence-corrected chi connectivity index (χ2v) is 11.4. The summed E-state index contributed by atoms with van der Waals surface area (Å²) in [6.07, 6.45) is 19.9. The molecule has 38 heavy (non-hydrogen) atoms. The van der Waals surface area contributed by atoms with Crippen LogP contribution in [0.15, 0.2) is 67.3 Å². The summed E-state index contributed by atoms with van der Waals surface area (Å²) in [6, 6.07) is 18.5. The first kappa shape index (κ1) is 28.2. The minimum Gasteiger partial charge on any atom is -0.205 e. The molecule has 1 aliphatic carbocycles. The van der Waals surface area contributed by atoms with Crippen molar-refractivity contribution in [3.63, 3.8) is 0 Å². The van der Waals surface area contributed by atoms with Gasteiger partial charge in [-0.2, -0.15) is 0 Å². The van der Waals surface area contributed by atoms with Gasteiger partial charge in [-0.05, 0) is 85.1 Å². The van der Waals surface area contributed by atoms with E-state index in [4.69, 9.17) is 0 Å². The molecule has 0 amide bonds. The van der Waals surface area contributed by atoms with Crippen molar-refractivity contribution in [3.05, 3.63) is 95.3 Å². The summed E-state index contributed by atoms with van der Waals surface area (Å²) < 4.78 is 15.3. The van der Waals surface area contributed by atoms with Crippen molar-refractivity contribution < 1.29 is 4.39 Å². The van der Waals surface area contributed by atoms with Crippen molar-refractivity contribution in [1.82, 2.24) is 0 Å². The van der Waals surface area contributed by atoms with E-state index in [1.807, 2.05) is 18.2 Å². The lowest BCUT2D eigenvalue weighted by atomic mass is 9.78. The molecule has 0 heterocycles. The molecule has 0 nitrogen and oxygen atoms in total. The molecular formula is C37H45F. The highest BCUT2D eigenvalue weighted by Crippen LogP contribution is 2.34. The van der Waals surface area contributed by atoms with Gasteiger partial charge in [0.25, 0.3) is 0 Å². The molecule has 0 unspecified atom stereocenters. The average Bonchev–Trinajstić information content (AvgIpc) is 2.95. The summed E-state index contributed by atoms with van der Waals surface area (Å²) in [4.78, 5) is 0. The van der Waals surface area contributed by atoms with E-state index in [0.717, 1.165) is 42.0 Å². The highest BCUT2D eigenvalue weighted by molar-refractivity contribution is 5.85. The Hall–Kier alpha value is -2.85. The van der Waals surface area contributed by atoms with Crippen LogP contribution in [-0.2, 0) is 12.8 Å². The van der Waals surface area contributed by atoms with Crippen LogP contribution in [0.4, 0.5) is 4.39 Å². The molecule has 4 rings (SSSR count). The van der Waals surface area contributed by atoms with Crippen molar-refractivity contribution in [2.45, 2.75) is 96.8 Å². The zero-order valence-electron chi connectivity index (χ0n) is 23.4. The van der Waals surface area contributed by atoms with E-state index >= 15 is 4.39 Å². The number of halogens is 1. The number of aryl methyl sites for hydroxylation is 2. The number of unbranched alkanes of at least 4 members (excludes halogenated alkanes) is 4. The smallest absolute Gasteiger partial charge is 0.146 e. The van der Waals surface area contributed by atoms with Crippen LogP contribution in [0.5, 0.6) is 0 Å². The normalized spacial score (nSPS) is 17.2. The largest absolute Gasteiger partial charge is 0.205 e. The number of rotatable bonds is 12. The van der Waals surface area contributed by atoms with Crippen molar-refractivity contribution in [3.8, 4) is 11.8 Å². The number of fused-ring (bicyclic) bond motifs is 1.